The Labute approximate surface area is 113 Å². The normalized spacial score (nSPS) is 18.1. The minimum atomic E-state index is 0.156. The highest BCUT2D eigenvalue weighted by Crippen LogP contribution is 2.34. The van der Waals surface area contributed by atoms with E-state index >= 15 is 0 Å². The number of fused-ring (bicyclic) bond motifs is 1. The van der Waals surface area contributed by atoms with Crippen LogP contribution >= 0.6 is 0 Å². The maximum Gasteiger partial charge on any atom is 0.130 e. The van der Waals surface area contributed by atoms with Crippen LogP contribution in [0.15, 0.2) is 30.7 Å². The third kappa shape index (κ3) is 2.36. The SMILES string of the molecule is Cn1cncc1COc1cccc2c1CCCC2N. The quantitative estimate of drug-likeness (QED) is 0.918. The summed E-state index contributed by atoms with van der Waals surface area (Å²) in [6.07, 6.45) is 6.89. The Balaban J connectivity index is 1.82. The molecule has 1 aliphatic rings. The molecule has 2 N–H and O–H groups in total. The van der Waals surface area contributed by atoms with Crippen molar-refractivity contribution in [2.45, 2.75) is 31.9 Å². The van der Waals surface area contributed by atoms with E-state index in [1.165, 1.54) is 11.1 Å². The van der Waals surface area contributed by atoms with E-state index in [-0.39, 0.29) is 6.04 Å². The molecule has 0 spiro atoms. The van der Waals surface area contributed by atoms with Crippen LogP contribution in [0.5, 0.6) is 5.75 Å². The number of imidazole rings is 1. The highest BCUT2D eigenvalue weighted by Gasteiger charge is 2.19. The second kappa shape index (κ2) is 5.05. The van der Waals surface area contributed by atoms with Crippen LogP contribution in [0.25, 0.3) is 0 Å². The van der Waals surface area contributed by atoms with Crippen LogP contribution in [-0.2, 0) is 20.1 Å². The Hall–Kier alpha value is -1.81. The van der Waals surface area contributed by atoms with Crippen LogP contribution in [0, 0.1) is 0 Å². The summed E-state index contributed by atoms with van der Waals surface area (Å²) in [5.74, 6) is 0.967. The van der Waals surface area contributed by atoms with Gasteiger partial charge in [-0.1, -0.05) is 12.1 Å². The molecule has 100 valence electrons. The summed E-state index contributed by atoms with van der Waals surface area (Å²) in [4.78, 5) is 4.10. The summed E-state index contributed by atoms with van der Waals surface area (Å²) in [7, 11) is 1.97. The van der Waals surface area contributed by atoms with Crippen LogP contribution in [0.4, 0.5) is 0 Å². The molecular weight excluding hydrogens is 238 g/mol. The molecule has 1 unspecified atom stereocenters. The molecule has 0 saturated heterocycles. The van der Waals surface area contributed by atoms with Crippen LogP contribution in [0.2, 0.25) is 0 Å². The number of hydrogen-bond acceptors (Lipinski definition) is 3. The molecule has 4 heteroatoms. The molecule has 1 aliphatic carbocycles. The lowest BCUT2D eigenvalue weighted by Gasteiger charge is -2.24. The number of aryl methyl sites for hydroxylation is 1. The average molecular weight is 257 g/mol. The van der Waals surface area contributed by atoms with E-state index in [0.717, 1.165) is 30.7 Å². The minimum absolute atomic E-state index is 0.156. The van der Waals surface area contributed by atoms with Gasteiger partial charge in [0, 0.05) is 13.1 Å². The van der Waals surface area contributed by atoms with Crippen molar-refractivity contribution < 1.29 is 4.74 Å². The second-order valence-electron chi connectivity index (χ2n) is 5.11. The molecule has 1 atom stereocenters. The predicted octanol–water partition coefficient (Wildman–Crippen LogP) is 2.34. The van der Waals surface area contributed by atoms with Crippen molar-refractivity contribution in [1.82, 2.24) is 9.55 Å². The molecule has 4 nitrogen and oxygen atoms in total. The van der Waals surface area contributed by atoms with E-state index in [1.807, 2.05) is 29.9 Å². The summed E-state index contributed by atoms with van der Waals surface area (Å²) in [5, 5.41) is 0. The van der Waals surface area contributed by atoms with Gasteiger partial charge in [0.25, 0.3) is 0 Å². The predicted molar refractivity (Wildman–Crippen MR) is 73.8 cm³/mol. The average Bonchev–Trinajstić information content (AvgIpc) is 2.82. The first kappa shape index (κ1) is 12.2. The first-order chi connectivity index (χ1) is 9.25. The number of hydrogen-bond donors (Lipinski definition) is 1. The van der Waals surface area contributed by atoms with Crippen LogP contribution in [0.3, 0.4) is 0 Å². The molecule has 1 aromatic heterocycles. The number of rotatable bonds is 3. The zero-order chi connectivity index (χ0) is 13.2. The van der Waals surface area contributed by atoms with Crippen molar-refractivity contribution in [3.63, 3.8) is 0 Å². The third-order valence-electron chi connectivity index (χ3n) is 3.80. The fourth-order valence-corrected chi connectivity index (χ4v) is 2.66. The summed E-state index contributed by atoms with van der Waals surface area (Å²) in [6.45, 7) is 0.544. The van der Waals surface area contributed by atoms with Gasteiger partial charge < -0.3 is 15.0 Å². The largest absolute Gasteiger partial charge is 0.487 e. The Kier molecular flexibility index (Phi) is 3.25. The second-order valence-corrected chi connectivity index (χ2v) is 5.11. The molecule has 19 heavy (non-hydrogen) atoms. The minimum Gasteiger partial charge on any atom is -0.487 e. The number of ether oxygens (including phenoxy) is 1. The third-order valence-corrected chi connectivity index (χ3v) is 3.80. The Morgan fingerprint density at radius 2 is 2.37 bits per heavy atom. The number of aromatic nitrogens is 2. The molecule has 0 saturated carbocycles. The van der Waals surface area contributed by atoms with E-state index in [4.69, 9.17) is 10.5 Å². The summed E-state index contributed by atoms with van der Waals surface area (Å²) < 4.78 is 7.93. The van der Waals surface area contributed by atoms with Gasteiger partial charge in [-0.15, -0.1) is 0 Å². The monoisotopic (exact) mass is 257 g/mol. The van der Waals surface area contributed by atoms with Crippen LogP contribution < -0.4 is 10.5 Å². The van der Waals surface area contributed by atoms with E-state index < -0.39 is 0 Å². The lowest BCUT2D eigenvalue weighted by Crippen LogP contribution is -2.18. The van der Waals surface area contributed by atoms with Gasteiger partial charge >= 0.3 is 0 Å². The molecule has 0 amide bonds. The van der Waals surface area contributed by atoms with Crippen molar-refractivity contribution in [3.05, 3.63) is 47.5 Å². The van der Waals surface area contributed by atoms with Crippen molar-refractivity contribution in [2.75, 3.05) is 0 Å². The highest BCUT2D eigenvalue weighted by atomic mass is 16.5. The molecule has 0 fully saturated rings. The van der Waals surface area contributed by atoms with E-state index in [2.05, 4.69) is 11.1 Å². The maximum absolute atomic E-state index is 6.16. The summed E-state index contributed by atoms with van der Waals surface area (Å²) >= 11 is 0. The maximum atomic E-state index is 6.16. The van der Waals surface area contributed by atoms with Crippen molar-refractivity contribution in [1.29, 1.82) is 0 Å². The summed E-state index contributed by atoms with van der Waals surface area (Å²) in [6, 6.07) is 6.34. The topological polar surface area (TPSA) is 53.1 Å². The standard InChI is InChI=1S/C15H19N3O/c1-18-10-17-8-11(18)9-19-15-7-3-4-12-13(15)5-2-6-14(12)16/h3-4,7-8,10,14H,2,5-6,9,16H2,1H3. The number of nitrogens with two attached hydrogens (primary N) is 1. The van der Waals surface area contributed by atoms with E-state index in [1.54, 1.807) is 6.33 Å². The van der Waals surface area contributed by atoms with Crippen molar-refractivity contribution in [3.8, 4) is 5.75 Å². The van der Waals surface area contributed by atoms with Crippen molar-refractivity contribution >= 4 is 0 Å². The Morgan fingerprint density at radius 1 is 1.47 bits per heavy atom. The van der Waals surface area contributed by atoms with Gasteiger partial charge in [-0.3, -0.25) is 0 Å². The van der Waals surface area contributed by atoms with Gasteiger partial charge in [0.2, 0.25) is 0 Å². The molecule has 0 aliphatic heterocycles. The molecule has 2 aromatic rings. The van der Waals surface area contributed by atoms with Crippen molar-refractivity contribution in [2.24, 2.45) is 12.8 Å². The lowest BCUT2D eigenvalue weighted by molar-refractivity contribution is 0.292. The number of nitrogens with zero attached hydrogens (tertiary/aromatic N) is 2. The Morgan fingerprint density at radius 3 is 3.16 bits per heavy atom. The van der Waals surface area contributed by atoms with Gasteiger partial charge in [0.05, 0.1) is 18.2 Å². The highest BCUT2D eigenvalue weighted by molar-refractivity contribution is 5.43. The fourth-order valence-electron chi connectivity index (χ4n) is 2.66. The lowest BCUT2D eigenvalue weighted by atomic mass is 9.87. The van der Waals surface area contributed by atoms with Crippen LogP contribution in [-0.4, -0.2) is 9.55 Å². The molecule has 0 radical (unpaired) electrons. The van der Waals surface area contributed by atoms with Gasteiger partial charge in [-0.05, 0) is 36.5 Å². The zero-order valence-electron chi connectivity index (χ0n) is 11.2. The number of benzene rings is 1. The molecule has 3 rings (SSSR count). The van der Waals surface area contributed by atoms with Gasteiger partial charge in [0.15, 0.2) is 0 Å². The first-order valence-electron chi connectivity index (χ1n) is 6.71. The van der Waals surface area contributed by atoms with Gasteiger partial charge in [-0.25, -0.2) is 4.98 Å². The zero-order valence-corrected chi connectivity index (χ0v) is 11.2. The Bertz CT molecular complexity index is 577. The first-order valence-corrected chi connectivity index (χ1v) is 6.71. The molecule has 0 bridgehead atoms. The summed E-state index contributed by atoms with van der Waals surface area (Å²) in [5.41, 5.74) is 9.75. The van der Waals surface area contributed by atoms with E-state index in [9.17, 15) is 0 Å². The smallest absolute Gasteiger partial charge is 0.130 e. The van der Waals surface area contributed by atoms with E-state index in [0.29, 0.717) is 6.61 Å². The molecular formula is C15H19N3O. The molecule has 1 heterocycles. The van der Waals surface area contributed by atoms with Gasteiger partial charge in [0.1, 0.15) is 12.4 Å². The molecule has 1 aromatic carbocycles. The van der Waals surface area contributed by atoms with Gasteiger partial charge in [-0.2, -0.15) is 0 Å². The van der Waals surface area contributed by atoms with Crippen LogP contribution in [0.1, 0.15) is 35.7 Å². The fraction of sp³-hybridized carbons (Fsp3) is 0.400.